The zero-order valence-electron chi connectivity index (χ0n) is 8.82. The Morgan fingerprint density at radius 2 is 1.44 bits per heavy atom. The first-order chi connectivity index (χ1) is 7.79. The lowest BCUT2D eigenvalue weighted by molar-refractivity contribution is 0.821. The third-order valence-electron chi connectivity index (χ3n) is 2.46. The summed E-state index contributed by atoms with van der Waals surface area (Å²) in [5.74, 6) is 0.858. The molecule has 0 saturated carbocycles. The molecule has 2 aromatic rings. The van der Waals surface area contributed by atoms with Crippen LogP contribution in [0.4, 0.5) is 0 Å². The van der Waals surface area contributed by atoms with Gasteiger partial charge in [-0.3, -0.25) is 0 Å². The molecule has 0 spiro atoms. The molecular formula is C12H14N2P2. The van der Waals surface area contributed by atoms with Crippen molar-refractivity contribution in [2.75, 3.05) is 0 Å². The van der Waals surface area contributed by atoms with Gasteiger partial charge in [0, 0.05) is 23.7 Å². The summed E-state index contributed by atoms with van der Waals surface area (Å²) in [7, 11) is 5.67. The molecule has 82 valence electrons. The fraction of sp³-hybridized carbons (Fsp3) is 0.167. The minimum Gasteiger partial charge on any atom is -0.241 e. The maximum Gasteiger partial charge on any atom is 0.135 e. The van der Waals surface area contributed by atoms with E-state index in [4.69, 9.17) is 0 Å². The van der Waals surface area contributed by atoms with Crippen molar-refractivity contribution in [3.63, 3.8) is 0 Å². The number of benzene rings is 1. The van der Waals surface area contributed by atoms with E-state index in [1.54, 1.807) is 12.4 Å². The van der Waals surface area contributed by atoms with Gasteiger partial charge in [0.2, 0.25) is 0 Å². The van der Waals surface area contributed by atoms with Gasteiger partial charge >= 0.3 is 0 Å². The normalized spacial score (nSPS) is 14.4. The number of aromatic nitrogens is 2. The van der Waals surface area contributed by atoms with Crippen molar-refractivity contribution in [3.05, 3.63) is 60.2 Å². The van der Waals surface area contributed by atoms with Gasteiger partial charge in [0.25, 0.3) is 0 Å². The molecule has 1 aromatic carbocycles. The van der Waals surface area contributed by atoms with Crippen LogP contribution in [0, 0.1) is 0 Å². The standard InChI is InChI=1S/C12H14N2P2/c15-10(9-5-2-1-3-6-9)11(16)12-13-7-4-8-14-12/h1-8,10-11H,15-16H2/t10-,11+/m1/s1. The molecule has 0 aliphatic carbocycles. The smallest absolute Gasteiger partial charge is 0.135 e. The van der Waals surface area contributed by atoms with Crippen LogP contribution in [0.2, 0.25) is 0 Å². The van der Waals surface area contributed by atoms with Gasteiger partial charge in [-0.05, 0) is 11.6 Å². The monoisotopic (exact) mass is 248 g/mol. The Morgan fingerprint density at radius 1 is 0.812 bits per heavy atom. The van der Waals surface area contributed by atoms with Crippen LogP contribution in [0.3, 0.4) is 0 Å². The third-order valence-corrected chi connectivity index (χ3v) is 4.41. The van der Waals surface area contributed by atoms with E-state index in [1.165, 1.54) is 5.56 Å². The van der Waals surface area contributed by atoms with Crippen molar-refractivity contribution in [1.29, 1.82) is 0 Å². The Bertz CT molecular complexity index is 390. The molecule has 2 nitrogen and oxygen atoms in total. The summed E-state index contributed by atoms with van der Waals surface area (Å²) < 4.78 is 0. The van der Waals surface area contributed by atoms with Gasteiger partial charge in [-0.25, -0.2) is 9.97 Å². The third kappa shape index (κ3) is 2.64. The topological polar surface area (TPSA) is 25.8 Å². The molecule has 1 heterocycles. The molecular weight excluding hydrogens is 234 g/mol. The van der Waals surface area contributed by atoms with Gasteiger partial charge in [-0.15, -0.1) is 18.5 Å². The van der Waals surface area contributed by atoms with Gasteiger partial charge in [0.1, 0.15) is 5.82 Å². The second kappa shape index (κ2) is 5.48. The number of rotatable bonds is 3. The first-order valence-electron chi connectivity index (χ1n) is 5.12. The predicted octanol–water partition coefficient (Wildman–Crippen LogP) is 3.01. The number of hydrogen-bond acceptors (Lipinski definition) is 2. The molecule has 4 atom stereocenters. The summed E-state index contributed by atoms with van der Waals surface area (Å²) >= 11 is 0. The van der Waals surface area contributed by atoms with E-state index in [0.717, 1.165) is 5.82 Å². The van der Waals surface area contributed by atoms with Crippen molar-refractivity contribution in [2.45, 2.75) is 11.3 Å². The van der Waals surface area contributed by atoms with Crippen LogP contribution in [-0.4, -0.2) is 9.97 Å². The largest absolute Gasteiger partial charge is 0.241 e. The summed E-state index contributed by atoms with van der Waals surface area (Å²) in [5.41, 5.74) is 1.81. The molecule has 0 saturated heterocycles. The van der Waals surface area contributed by atoms with Crippen molar-refractivity contribution in [2.24, 2.45) is 0 Å². The fourth-order valence-electron chi connectivity index (χ4n) is 1.53. The average Bonchev–Trinajstić information content (AvgIpc) is 2.39. The zero-order chi connectivity index (χ0) is 11.4. The minimum atomic E-state index is 0.216. The lowest BCUT2D eigenvalue weighted by Gasteiger charge is -2.18. The second-order valence-electron chi connectivity index (χ2n) is 3.57. The average molecular weight is 248 g/mol. The van der Waals surface area contributed by atoms with Gasteiger partial charge in [-0.1, -0.05) is 30.3 Å². The Morgan fingerprint density at radius 3 is 2.06 bits per heavy atom. The first-order valence-corrected chi connectivity index (χ1v) is 6.45. The van der Waals surface area contributed by atoms with Gasteiger partial charge in [0.05, 0.1) is 0 Å². The number of hydrogen-bond donors (Lipinski definition) is 0. The highest BCUT2D eigenvalue weighted by Crippen LogP contribution is 2.40. The van der Waals surface area contributed by atoms with Crippen LogP contribution in [0.15, 0.2) is 48.8 Å². The lowest BCUT2D eigenvalue weighted by atomic mass is 10.1. The molecule has 1 aromatic heterocycles. The molecule has 0 N–H and O–H groups in total. The highest BCUT2D eigenvalue weighted by atomic mass is 31.0. The van der Waals surface area contributed by atoms with Gasteiger partial charge < -0.3 is 0 Å². The molecule has 16 heavy (non-hydrogen) atoms. The molecule has 0 fully saturated rings. The van der Waals surface area contributed by atoms with E-state index in [2.05, 4.69) is 52.7 Å². The van der Waals surface area contributed by atoms with E-state index in [-0.39, 0.29) is 5.66 Å². The first kappa shape index (κ1) is 11.6. The highest BCUT2D eigenvalue weighted by molar-refractivity contribution is 7.22. The Labute approximate surface area is 100 Å². The van der Waals surface area contributed by atoms with Crippen LogP contribution >= 0.6 is 18.5 Å². The zero-order valence-corrected chi connectivity index (χ0v) is 11.1. The van der Waals surface area contributed by atoms with Crippen LogP contribution < -0.4 is 0 Å². The molecule has 0 aliphatic heterocycles. The van der Waals surface area contributed by atoms with E-state index in [0.29, 0.717) is 5.66 Å². The van der Waals surface area contributed by atoms with E-state index in [1.807, 2.05) is 12.1 Å². The maximum atomic E-state index is 4.28. The van der Waals surface area contributed by atoms with Crippen LogP contribution in [0.25, 0.3) is 0 Å². The van der Waals surface area contributed by atoms with Crippen molar-refractivity contribution in [3.8, 4) is 0 Å². The van der Waals surface area contributed by atoms with E-state index >= 15 is 0 Å². The second-order valence-corrected chi connectivity index (χ2v) is 5.01. The van der Waals surface area contributed by atoms with Crippen LogP contribution in [-0.2, 0) is 0 Å². The Balaban J connectivity index is 2.20. The summed E-state index contributed by atoms with van der Waals surface area (Å²) in [5, 5.41) is 0. The summed E-state index contributed by atoms with van der Waals surface area (Å²) in [6.45, 7) is 0. The van der Waals surface area contributed by atoms with Crippen molar-refractivity contribution >= 4 is 18.5 Å². The summed E-state index contributed by atoms with van der Waals surface area (Å²) in [4.78, 5) is 8.56. The van der Waals surface area contributed by atoms with Gasteiger partial charge in [0.15, 0.2) is 0 Å². The summed E-state index contributed by atoms with van der Waals surface area (Å²) in [6.07, 6.45) is 3.56. The molecule has 2 unspecified atom stereocenters. The van der Waals surface area contributed by atoms with Crippen LogP contribution in [0.1, 0.15) is 22.7 Å². The lowest BCUT2D eigenvalue weighted by Crippen LogP contribution is -2.03. The predicted molar refractivity (Wildman–Crippen MR) is 73.4 cm³/mol. The molecule has 2 rings (SSSR count). The van der Waals surface area contributed by atoms with Crippen molar-refractivity contribution in [1.82, 2.24) is 9.97 Å². The maximum absolute atomic E-state index is 4.28. The molecule has 0 radical (unpaired) electrons. The Kier molecular flexibility index (Phi) is 3.98. The molecule has 0 amide bonds. The minimum absolute atomic E-state index is 0.216. The SMILES string of the molecule is P[C@H](c1ccccc1)[C@H](P)c1ncccn1. The quantitative estimate of drug-likeness (QED) is 0.780. The number of nitrogens with zero attached hydrogens (tertiary/aromatic N) is 2. The summed E-state index contributed by atoms with van der Waals surface area (Å²) in [6, 6.07) is 12.2. The van der Waals surface area contributed by atoms with E-state index in [9.17, 15) is 0 Å². The van der Waals surface area contributed by atoms with E-state index < -0.39 is 0 Å². The van der Waals surface area contributed by atoms with Crippen LogP contribution in [0.5, 0.6) is 0 Å². The molecule has 0 aliphatic rings. The Hall–Kier alpha value is -0.840. The van der Waals surface area contributed by atoms with Gasteiger partial charge in [-0.2, -0.15) is 0 Å². The fourth-order valence-corrected chi connectivity index (χ4v) is 2.31. The highest BCUT2D eigenvalue weighted by Gasteiger charge is 2.18. The molecule has 0 bridgehead atoms. The molecule has 4 heteroatoms. The van der Waals surface area contributed by atoms with Crippen molar-refractivity contribution < 1.29 is 0 Å².